The van der Waals surface area contributed by atoms with E-state index in [4.69, 9.17) is 5.11 Å². The molecule has 0 fully saturated rings. The third kappa shape index (κ3) is 3.01. The highest BCUT2D eigenvalue weighted by Crippen LogP contribution is 2.16. The van der Waals surface area contributed by atoms with E-state index in [0.29, 0.717) is 23.3 Å². The number of aliphatic carboxylic acids is 1. The maximum atomic E-state index is 13.3. The molecule has 1 heterocycles. The van der Waals surface area contributed by atoms with Crippen LogP contribution in [0.3, 0.4) is 0 Å². The van der Waals surface area contributed by atoms with Gasteiger partial charge in [0.2, 0.25) is 0 Å². The quantitative estimate of drug-likeness (QED) is 0.896. The van der Waals surface area contributed by atoms with Crippen LogP contribution in [0.2, 0.25) is 0 Å². The van der Waals surface area contributed by atoms with E-state index < -0.39 is 17.3 Å². The Bertz CT molecular complexity index is 724. The summed E-state index contributed by atoms with van der Waals surface area (Å²) in [7, 11) is 0. The molecule has 6 heteroatoms. The predicted molar refractivity (Wildman–Crippen MR) is 72.2 cm³/mol. The second-order valence-electron chi connectivity index (χ2n) is 5.04. The van der Waals surface area contributed by atoms with E-state index >= 15 is 0 Å². The zero-order chi connectivity index (χ0) is 14.9. The van der Waals surface area contributed by atoms with Crippen LogP contribution in [0.15, 0.2) is 16.9 Å². The zero-order valence-electron chi connectivity index (χ0n) is 11.2. The molecule has 106 valence electrons. The van der Waals surface area contributed by atoms with E-state index in [-0.39, 0.29) is 17.7 Å². The first kappa shape index (κ1) is 14.2. The summed E-state index contributed by atoms with van der Waals surface area (Å²) in [6, 6.07) is 2.47. The lowest BCUT2D eigenvalue weighted by Crippen LogP contribution is -2.16. The molecule has 0 amide bonds. The van der Waals surface area contributed by atoms with Crippen molar-refractivity contribution in [3.63, 3.8) is 0 Å². The van der Waals surface area contributed by atoms with E-state index in [2.05, 4.69) is 9.97 Å². The zero-order valence-corrected chi connectivity index (χ0v) is 11.2. The van der Waals surface area contributed by atoms with Gasteiger partial charge in [0.05, 0.1) is 10.9 Å². The Balaban J connectivity index is 2.42. The molecule has 1 aromatic carbocycles. The molecule has 0 aliphatic carbocycles. The lowest BCUT2D eigenvalue weighted by atomic mass is 10.0. The van der Waals surface area contributed by atoms with Crippen LogP contribution < -0.4 is 5.56 Å². The van der Waals surface area contributed by atoms with Crippen LogP contribution in [0, 0.1) is 18.7 Å². The number of carboxylic acids is 1. The first-order valence-electron chi connectivity index (χ1n) is 6.27. The maximum Gasteiger partial charge on any atom is 0.303 e. The van der Waals surface area contributed by atoms with Gasteiger partial charge in [0, 0.05) is 12.8 Å². The molecule has 0 aliphatic heterocycles. The van der Waals surface area contributed by atoms with Crippen LogP contribution in [-0.4, -0.2) is 21.0 Å². The van der Waals surface area contributed by atoms with Gasteiger partial charge in [0.25, 0.3) is 5.56 Å². The van der Waals surface area contributed by atoms with Crippen LogP contribution in [0.25, 0.3) is 10.9 Å². The number of rotatable bonds is 4. The maximum absolute atomic E-state index is 13.3. The molecule has 0 saturated heterocycles. The lowest BCUT2D eigenvalue weighted by molar-refractivity contribution is -0.137. The number of benzene rings is 1. The highest BCUT2D eigenvalue weighted by atomic mass is 19.1. The van der Waals surface area contributed by atoms with Crippen molar-refractivity contribution in [2.75, 3.05) is 0 Å². The largest absolute Gasteiger partial charge is 0.481 e. The molecule has 0 radical (unpaired) electrons. The van der Waals surface area contributed by atoms with E-state index in [1.807, 2.05) is 0 Å². The van der Waals surface area contributed by atoms with E-state index in [9.17, 15) is 14.0 Å². The minimum absolute atomic E-state index is 0.00411. The van der Waals surface area contributed by atoms with Crippen LogP contribution in [-0.2, 0) is 11.2 Å². The summed E-state index contributed by atoms with van der Waals surface area (Å²) in [6.45, 7) is 3.46. The van der Waals surface area contributed by atoms with Gasteiger partial charge in [-0.3, -0.25) is 9.59 Å². The van der Waals surface area contributed by atoms with Crippen molar-refractivity contribution >= 4 is 16.9 Å². The number of fused-ring (bicyclic) bond motifs is 1. The van der Waals surface area contributed by atoms with Gasteiger partial charge in [-0.05, 0) is 30.5 Å². The number of carboxylic acid groups (broad SMARTS) is 1. The number of halogens is 1. The summed E-state index contributed by atoms with van der Waals surface area (Å²) in [5, 5.41) is 8.93. The minimum atomic E-state index is -0.890. The molecule has 0 spiro atoms. The molecule has 2 aromatic rings. The van der Waals surface area contributed by atoms with E-state index in [1.165, 1.54) is 6.07 Å². The summed E-state index contributed by atoms with van der Waals surface area (Å²) in [5.74, 6) is -1.09. The summed E-state index contributed by atoms with van der Waals surface area (Å²) < 4.78 is 13.3. The van der Waals surface area contributed by atoms with Gasteiger partial charge >= 0.3 is 5.97 Å². The molecule has 1 aromatic heterocycles. The topological polar surface area (TPSA) is 83.0 Å². The van der Waals surface area contributed by atoms with Crippen molar-refractivity contribution in [1.82, 2.24) is 9.97 Å². The highest BCUT2D eigenvalue weighted by molar-refractivity contribution is 5.80. The van der Waals surface area contributed by atoms with Crippen molar-refractivity contribution in [2.24, 2.45) is 5.92 Å². The average Bonchev–Trinajstić information content (AvgIpc) is 2.29. The standard InChI is InChI=1S/C14H15FN2O3/c1-7(4-12(18)19)3-11-16-13-8(2)5-9(15)6-10(13)14(20)17-11/h5-7H,3-4H2,1-2H3,(H,18,19)(H,16,17,20). The van der Waals surface area contributed by atoms with Gasteiger partial charge in [-0.1, -0.05) is 6.92 Å². The average molecular weight is 278 g/mol. The summed E-state index contributed by atoms with van der Waals surface area (Å²) in [5.41, 5.74) is 0.626. The molecule has 0 saturated carbocycles. The van der Waals surface area contributed by atoms with Gasteiger partial charge < -0.3 is 10.1 Å². The smallest absolute Gasteiger partial charge is 0.303 e. The predicted octanol–water partition coefficient (Wildman–Crippen LogP) is 2.02. The van der Waals surface area contributed by atoms with Gasteiger partial charge in [-0.15, -0.1) is 0 Å². The molecular weight excluding hydrogens is 263 g/mol. The molecule has 2 rings (SSSR count). The van der Waals surface area contributed by atoms with Crippen molar-refractivity contribution in [3.05, 3.63) is 39.7 Å². The van der Waals surface area contributed by atoms with Gasteiger partial charge in [-0.25, -0.2) is 9.37 Å². The third-order valence-electron chi connectivity index (χ3n) is 3.08. The van der Waals surface area contributed by atoms with Crippen molar-refractivity contribution in [3.8, 4) is 0 Å². The molecule has 1 unspecified atom stereocenters. The van der Waals surface area contributed by atoms with Gasteiger partial charge in [0.1, 0.15) is 11.6 Å². The first-order valence-corrected chi connectivity index (χ1v) is 6.27. The Labute approximate surface area is 114 Å². The second kappa shape index (κ2) is 5.40. The number of nitrogens with one attached hydrogen (secondary N) is 1. The summed E-state index contributed by atoms with van der Waals surface area (Å²) in [6.07, 6.45) is 0.360. The van der Waals surface area contributed by atoms with Crippen LogP contribution >= 0.6 is 0 Å². The molecular formula is C14H15FN2O3. The number of nitrogens with zero attached hydrogens (tertiary/aromatic N) is 1. The summed E-state index contributed by atoms with van der Waals surface area (Å²) >= 11 is 0. The summed E-state index contributed by atoms with van der Waals surface area (Å²) in [4.78, 5) is 29.5. The molecule has 0 aliphatic rings. The third-order valence-corrected chi connectivity index (χ3v) is 3.08. The fourth-order valence-electron chi connectivity index (χ4n) is 2.22. The number of aromatic amines is 1. The molecule has 2 N–H and O–H groups in total. The van der Waals surface area contributed by atoms with Crippen molar-refractivity contribution < 1.29 is 14.3 Å². The van der Waals surface area contributed by atoms with Gasteiger partial charge in [0.15, 0.2) is 0 Å². The fraction of sp³-hybridized carbons (Fsp3) is 0.357. The lowest BCUT2D eigenvalue weighted by Gasteiger charge is -2.09. The molecule has 5 nitrogen and oxygen atoms in total. The Morgan fingerprint density at radius 1 is 1.50 bits per heavy atom. The number of hydrogen-bond acceptors (Lipinski definition) is 3. The normalized spacial score (nSPS) is 12.6. The van der Waals surface area contributed by atoms with Crippen LogP contribution in [0.1, 0.15) is 24.7 Å². The fourth-order valence-corrected chi connectivity index (χ4v) is 2.22. The molecule has 20 heavy (non-hydrogen) atoms. The molecule has 1 atom stereocenters. The number of H-pyrrole nitrogens is 1. The first-order chi connectivity index (χ1) is 9.36. The monoisotopic (exact) mass is 278 g/mol. The number of aryl methyl sites for hydroxylation is 1. The SMILES string of the molecule is Cc1cc(F)cc2c(=O)[nH]c(CC(C)CC(=O)O)nc12. The minimum Gasteiger partial charge on any atom is -0.481 e. The van der Waals surface area contributed by atoms with Crippen molar-refractivity contribution in [1.29, 1.82) is 0 Å². The Hall–Kier alpha value is -2.24. The number of hydrogen-bond donors (Lipinski definition) is 2. The van der Waals surface area contributed by atoms with Gasteiger partial charge in [-0.2, -0.15) is 0 Å². The Morgan fingerprint density at radius 2 is 2.20 bits per heavy atom. The highest BCUT2D eigenvalue weighted by Gasteiger charge is 2.13. The Morgan fingerprint density at radius 3 is 2.85 bits per heavy atom. The molecule has 0 bridgehead atoms. The second-order valence-corrected chi connectivity index (χ2v) is 5.04. The van der Waals surface area contributed by atoms with Crippen LogP contribution in [0.5, 0.6) is 0 Å². The van der Waals surface area contributed by atoms with Crippen LogP contribution in [0.4, 0.5) is 4.39 Å². The number of carbonyl (C=O) groups is 1. The van der Waals surface area contributed by atoms with E-state index in [1.54, 1.807) is 13.8 Å². The number of aromatic nitrogens is 2. The van der Waals surface area contributed by atoms with E-state index in [0.717, 1.165) is 6.07 Å². The van der Waals surface area contributed by atoms with Crippen molar-refractivity contribution in [2.45, 2.75) is 26.7 Å². The Kier molecular flexibility index (Phi) is 3.83.